The van der Waals surface area contributed by atoms with Gasteiger partial charge in [-0.3, -0.25) is 0 Å². The third-order valence-electron chi connectivity index (χ3n) is 2.23. The summed E-state index contributed by atoms with van der Waals surface area (Å²) in [7, 11) is 2.98. The Bertz CT molecular complexity index is 354. The number of alkyl halides is 1. The standard InChI is InChI=1S/C11H19ClN4O2/c1-7(2)5-8(6-12)13-9-14-10(17-3)16-11(15-9)18-4/h7-8H,5-6H2,1-4H3,(H,13,14,15,16). The van der Waals surface area contributed by atoms with Gasteiger partial charge in [-0.05, 0) is 12.3 Å². The number of rotatable bonds is 7. The molecule has 0 saturated heterocycles. The van der Waals surface area contributed by atoms with E-state index in [-0.39, 0.29) is 18.1 Å². The van der Waals surface area contributed by atoms with Gasteiger partial charge in [-0.15, -0.1) is 16.6 Å². The fraction of sp³-hybridized carbons (Fsp3) is 0.727. The zero-order chi connectivity index (χ0) is 13.5. The fourth-order valence-corrected chi connectivity index (χ4v) is 1.70. The van der Waals surface area contributed by atoms with Gasteiger partial charge in [0.1, 0.15) is 0 Å². The molecule has 1 aromatic heterocycles. The van der Waals surface area contributed by atoms with Crippen LogP contribution < -0.4 is 14.8 Å². The third-order valence-corrected chi connectivity index (χ3v) is 2.61. The molecule has 0 bridgehead atoms. The van der Waals surface area contributed by atoms with Crippen LogP contribution in [-0.4, -0.2) is 41.1 Å². The van der Waals surface area contributed by atoms with Gasteiger partial charge in [-0.2, -0.15) is 9.97 Å². The van der Waals surface area contributed by atoms with Gasteiger partial charge in [0.2, 0.25) is 5.95 Å². The number of methoxy groups -OCH3 is 2. The molecule has 1 unspecified atom stereocenters. The van der Waals surface area contributed by atoms with Crippen LogP contribution >= 0.6 is 11.6 Å². The Labute approximate surface area is 112 Å². The van der Waals surface area contributed by atoms with Crippen LogP contribution in [0.5, 0.6) is 12.0 Å². The molecule has 0 aliphatic carbocycles. The number of hydrogen-bond donors (Lipinski definition) is 1. The number of halogens is 1. The maximum Gasteiger partial charge on any atom is 0.324 e. The van der Waals surface area contributed by atoms with Gasteiger partial charge in [0, 0.05) is 11.9 Å². The molecule has 0 aliphatic heterocycles. The minimum Gasteiger partial charge on any atom is -0.467 e. The SMILES string of the molecule is COc1nc(NC(CCl)CC(C)C)nc(OC)n1. The Balaban J connectivity index is 2.81. The molecule has 0 fully saturated rings. The smallest absolute Gasteiger partial charge is 0.324 e. The van der Waals surface area contributed by atoms with Gasteiger partial charge < -0.3 is 14.8 Å². The molecule has 0 spiro atoms. The normalized spacial score (nSPS) is 12.3. The largest absolute Gasteiger partial charge is 0.467 e. The maximum atomic E-state index is 5.91. The summed E-state index contributed by atoms with van der Waals surface area (Å²) in [6, 6.07) is 0.521. The average Bonchev–Trinajstić information content (AvgIpc) is 2.36. The van der Waals surface area contributed by atoms with E-state index >= 15 is 0 Å². The Kier molecular flexibility index (Phi) is 5.91. The lowest BCUT2D eigenvalue weighted by Crippen LogP contribution is -2.25. The summed E-state index contributed by atoms with van der Waals surface area (Å²) in [5.74, 6) is 1.42. The van der Waals surface area contributed by atoms with Gasteiger partial charge in [-0.1, -0.05) is 13.8 Å². The number of anilines is 1. The van der Waals surface area contributed by atoms with Crippen molar-refractivity contribution in [1.82, 2.24) is 15.0 Å². The Morgan fingerprint density at radius 3 is 2.06 bits per heavy atom. The summed E-state index contributed by atoms with van der Waals surface area (Å²) < 4.78 is 9.96. The van der Waals surface area contributed by atoms with E-state index in [1.54, 1.807) is 0 Å². The van der Waals surface area contributed by atoms with Crippen LogP contribution in [0.4, 0.5) is 5.95 Å². The summed E-state index contributed by atoms with van der Waals surface area (Å²) >= 11 is 5.91. The molecule has 0 aromatic carbocycles. The minimum absolute atomic E-state index is 0.100. The van der Waals surface area contributed by atoms with Crippen molar-refractivity contribution in [2.45, 2.75) is 26.3 Å². The Hall–Kier alpha value is -1.30. The van der Waals surface area contributed by atoms with E-state index in [1.807, 2.05) is 0 Å². The molecule has 1 heterocycles. The molecule has 0 amide bonds. The lowest BCUT2D eigenvalue weighted by atomic mass is 10.1. The molecule has 1 atom stereocenters. The predicted molar refractivity (Wildman–Crippen MR) is 70.5 cm³/mol. The second-order valence-corrected chi connectivity index (χ2v) is 4.57. The molecule has 102 valence electrons. The van der Waals surface area contributed by atoms with Gasteiger partial charge in [-0.25, -0.2) is 0 Å². The quantitative estimate of drug-likeness (QED) is 0.767. The molecule has 1 rings (SSSR count). The maximum absolute atomic E-state index is 5.91. The first-order valence-electron chi connectivity index (χ1n) is 5.75. The van der Waals surface area contributed by atoms with Crippen molar-refractivity contribution in [2.75, 3.05) is 25.4 Å². The van der Waals surface area contributed by atoms with Crippen molar-refractivity contribution in [1.29, 1.82) is 0 Å². The molecule has 0 saturated carbocycles. The molecule has 0 radical (unpaired) electrons. The monoisotopic (exact) mass is 274 g/mol. The van der Waals surface area contributed by atoms with Gasteiger partial charge in [0.25, 0.3) is 0 Å². The highest BCUT2D eigenvalue weighted by atomic mass is 35.5. The number of nitrogens with zero attached hydrogens (tertiary/aromatic N) is 3. The van der Waals surface area contributed by atoms with Crippen molar-refractivity contribution < 1.29 is 9.47 Å². The van der Waals surface area contributed by atoms with Gasteiger partial charge >= 0.3 is 12.0 Å². The van der Waals surface area contributed by atoms with Crippen LogP contribution in [0.25, 0.3) is 0 Å². The van der Waals surface area contributed by atoms with Crippen LogP contribution in [0.1, 0.15) is 20.3 Å². The first kappa shape index (κ1) is 14.8. The summed E-state index contributed by atoms with van der Waals surface area (Å²) in [6.45, 7) is 4.27. The molecule has 6 nitrogen and oxygen atoms in total. The van der Waals surface area contributed by atoms with Crippen LogP contribution in [0, 0.1) is 5.92 Å². The van der Waals surface area contributed by atoms with E-state index in [0.29, 0.717) is 17.7 Å². The molecule has 18 heavy (non-hydrogen) atoms. The fourth-order valence-electron chi connectivity index (χ4n) is 1.50. The number of nitrogens with one attached hydrogen (secondary N) is 1. The topological polar surface area (TPSA) is 69.2 Å². The molecular formula is C11H19ClN4O2. The average molecular weight is 275 g/mol. The highest BCUT2D eigenvalue weighted by Gasteiger charge is 2.13. The summed E-state index contributed by atoms with van der Waals surface area (Å²) in [5, 5.41) is 3.16. The second-order valence-electron chi connectivity index (χ2n) is 4.26. The van der Waals surface area contributed by atoms with Crippen LogP contribution in [0.2, 0.25) is 0 Å². The lowest BCUT2D eigenvalue weighted by Gasteiger charge is -2.18. The van der Waals surface area contributed by atoms with E-state index in [9.17, 15) is 0 Å². The lowest BCUT2D eigenvalue weighted by molar-refractivity contribution is 0.340. The molecule has 7 heteroatoms. The van der Waals surface area contributed by atoms with E-state index in [0.717, 1.165) is 6.42 Å². The van der Waals surface area contributed by atoms with Crippen molar-refractivity contribution in [3.8, 4) is 12.0 Å². The van der Waals surface area contributed by atoms with E-state index in [1.165, 1.54) is 14.2 Å². The number of ether oxygens (including phenoxy) is 2. The Morgan fingerprint density at radius 2 is 1.67 bits per heavy atom. The van der Waals surface area contributed by atoms with E-state index in [4.69, 9.17) is 21.1 Å². The van der Waals surface area contributed by atoms with E-state index < -0.39 is 0 Å². The first-order chi connectivity index (χ1) is 8.58. The molecule has 1 N–H and O–H groups in total. The van der Waals surface area contributed by atoms with Crippen molar-refractivity contribution >= 4 is 17.5 Å². The zero-order valence-electron chi connectivity index (χ0n) is 11.1. The Morgan fingerprint density at radius 1 is 1.11 bits per heavy atom. The predicted octanol–water partition coefficient (Wildman–Crippen LogP) is 1.95. The highest BCUT2D eigenvalue weighted by Crippen LogP contribution is 2.15. The highest BCUT2D eigenvalue weighted by molar-refractivity contribution is 6.18. The van der Waals surface area contributed by atoms with Crippen LogP contribution in [0.3, 0.4) is 0 Å². The second kappa shape index (κ2) is 7.20. The number of aromatic nitrogens is 3. The third kappa shape index (κ3) is 4.52. The van der Waals surface area contributed by atoms with Crippen LogP contribution in [0.15, 0.2) is 0 Å². The molecule has 0 aliphatic rings. The molecule has 1 aromatic rings. The summed E-state index contributed by atoms with van der Waals surface area (Å²) in [5.41, 5.74) is 0. The van der Waals surface area contributed by atoms with Crippen molar-refractivity contribution in [3.63, 3.8) is 0 Å². The van der Waals surface area contributed by atoms with Crippen LogP contribution in [-0.2, 0) is 0 Å². The minimum atomic E-state index is 0.100. The zero-order valence-corrected chi connectivity index (χ0v) is 11.9. The van der Waals surface area contributed by atoms with Crippen molar-refractivity contribution in [2.24, 2.45) is 5.92 Å². The van der Waals surface area contributed by atoms with Gasteiger partial charge in [0.15, 0.2) is 0 Å². The van der Waals surface area contributed by atoms with Gasteiger partial charge in [0.05, 0.1) is 14.2 Å². The first-order valence-corrected chi connectivity index (χ1v) is 6.29. The molecular weight excluding hydrogens is 256 g/mol. The van der Waals surface area contributed by atoms with Crippen molar-refractivity contribution in [3.05, 3.63) is 0 Å². The van der Waals surface area contributed by atoms with E-state index in [2.05, 4.69) is 34.1 Å². The summed E-state index contributed by atoms with van der Waals surface area (Å²) in [6.07, 6.45) is 0.930. The number of hydrogen-bond acceptors (Lipinski definition) is 6. The summed E-state index contributed by atoms with van der Waals surface area (Å²) in [4.78, 5) is 12.1.